The topological polar surface area (TPSA) is 140 Å². The fourth-order valence-corrected chi connectivity index (χ4v) is 6.58. The summed E-state index contributed by atoms with van der Waals surface area (Å²) in [5.41, 5.74) is 1.29. The van der Waals surface area contributed by atoms with Crippen molar-refractivity contribution in [3.8, 4) is 0 Å². The molecule has 0 atom stereocenters. The second-order valence-electron chi connectivity index (χ2n) is 9.78. The van der Waals surface area contributed by atoms with Crippen molar-refractivity contribution < 1.29 is 27.9 Å². The summed E-state index contributed by atoms with van der Waals surface area (Å²) in [4.78, 5) is 26.3. The van der Waals surface area contributed by atoms with Gasteiger partial charge in [-0.3, -0.25) is 10.2 Å². The number of carbonyl (C=O) groups is 2. The van der Waals surface area contributed by atoms with Crippen LogP contribution in [0.3, 0.4) is 0 Å². The molecule has 2 aromatic carbocycles. The second kappa shape index (κ2) is 12.5. The van der Waals surface area contributed by atoms with E-state index in [0.717, 1.165) is 49.5 Å². The van der Waals surface area contributed by atoms with E-state index in [-0.39, 0.29) is 26.5 Å². The summed E-state index contributed by atoms with van der Waals surface area (Å²) < 4.78 is 32.3. The van der Waals surface area contributed by atoms with E-state index in [1.54, 1.807) is 18.2 Å². The number of benzene rings is 2. The highest BCUT2D eigenvalue weighted by Crippen LogP contribution is 2.46. The van der Waals surface area contributed by atoms with Crippen molar-refractivity contribution in [2.75, 3.05) is 31.6 Å². The Kier molecular flexibility index (Phi) is 9.07. The Morgan fingerprint density at radius 1 is 1.02 bits per heavy atom. The third-order valence-corrected chi connectivity index (χ3v) is 8.85. The van der Waals surface area contributed by atoms with Crippen LogP contribution in [0.15, 0.2) is 69.0 Å². The van der Waals surface area contributed by atoms with Crippen molar-refractivity contribution in [2.24, 2.45) is 5.10 Å². The number of fused-ring (bicyclic) bond motifs is 1. The molecular formula is C30H34N4O6S. The van der Waals surface area contributed by atoms with Crippen LogP contribution < -0.4 is 4.90 Å². The van der Waals surface area contributed by atoms with Crippen LogP contribution in [0.2, 0.25) is 0 Å². The molecule has 0 unspecified atom stereocenters. The Morgan fingerprint density at radius 2 is 1.66 bits per heavy atom. The fourth-order valence-electron chi connectivity index (χ4n) is 4.85. The number of hydrogen-bond donors (Lipinski definition) is 2. The van der Waals surface area contributed by atoms with Crippen LogP contribution in [0.5, 0.6) is 0 Å². The maximum absolute atomic E-state index is 13.8. The first kappa shape index (κ1) is 29.7. The predicted molar refractivity (Wildman–Crippen MR) is 159 cm³/mol. The Balaban J connectivity index is 1.85. The van der Waals surface area contributed by atoms with E-state index < -0.39 is 39.9 Å². The highest BCUT2D eigenvalue weighted by atomic mass is 32.2. The highest BCUT2D eigenvalue weighted by Gasteiger charge is 2.43. The normalized spacial score (nSPS) is 18.4. The fraction of sp³-hybridized carbons (Fsp3) is 0.333. The van der Waals surface area contributed by atoms with Gasteiger partial charge < -0.3 is 14.7 Å². The number of carbonyl (C=O) groups excluding carboxylic acids is 1. The predicted octanol–water partition coefficient (Wildman–Crippen LogP) is 4.58. The minimum atomic E-state index is -4.06. The molecule has 216 valence electrons. The van der Waals surface area contributed by atoms with Gasteiger partial charge in [-0.1, -0.05) is 57.0 Å². The Bertz CT molecular complexity index is 1550. The van der Waals surface area contributed by atoms with Gasteiger partial charge in [-0.25, -0.2) is 18.2 Å². The maximum Gasteiger partial charge on any atom is 0.357 e. The van der Waals surface area contributed by atoms with E-state index in [0.29, 0.717) is 5.56 Å². The molecule has 2 aromatic rings. The Labute approximate surface area is 240 Å². The maximum atomic E-state index is 13.8. The largest absolute Gasteiger partial charge is 0.476 e. The molecule has 2 aliphatic rings. The molecule has 0 radical (unpaired) electrons. The van der Waals surface area contributed by atoms with Crippen LogP contribution in [-0.4, -0.2) is 68.8 Å². The third kappa shape index (κ3) is 5.95. The van der Waals surface area contributed by atoms with Gasteiger partial charge in [0.15, 0.2) is 11.5 Å². The van der Waals surface area contributed by atoms with E-state index >= 15 is 0 Å². The van der Waals surface area contributed by atoms with E-state index in [4.69, 9.17) is 5.41 Å². The Morgan fingerprint density at radius 3 is 2.24 bits per heavy atom. The SMILES string of the molecule is CCCCN(CCCC)c1ccc(C=C2/C(=C3\C(=N)N(CC(=O)OC)N=C3C(=O)O)c3ccccc3S2(=O)=O)cc1. The van der Waals surface area contributed by atoms with Crippen LogP contribution in [0, 0.1) is 5.41 Å². The molecule has 0 saturated heterocycles. The lowest BCUT2D eigenvalue weighted by atomic mass is 9.95. The molecule has 2 N–H and O–H groups in total. The number of nitrogens with one attached hydrogen (secondary N) is 1. The Hall–Kier alpha value is -4.25. The molecule has 0 amide bonds. The standard InChI is InChI=1S/C30H34N4O6S/c1-4-6-16-33(17-7-5-2)21-14-12-20(13-15-21)18-24-26(22-10-8-9-11-23(22)41(24,38)39)27-28(30(36)37)32-34(29(27)31)19-25(35)40-3/h8-15,18,31H,4-7,16-17,19H2,1-3H3,(H,36,37)/b24-18?,27-26-,31-29?. The summed E-state index contributed by atoms with van der Waals surface area (Å²) in [7, 11) is -2.89. The van der Waals surface area contributed by atoms with Gasteiger partial charge in [0.1, 0.15) is 6.54 Å². The molecule has 0 spiro atoms. The first-order valence-corrected chi connectivity index (χ1v) is 15.0. The molecule has 0 fully saturated rings. The number of carboxylic acids is 1. The van der Waals surface area contributed by atoms with Crippen molar-refractivity contribution in [1.82, 2.24) is 5.01 Å². The summed E-state index contributed by atoms with van der Waals surface area (Å²) >= 11 is 0. The molecule has 4 rings (SSSR count). The molecule has 0 aliphatic carbocycles. The molecule has 2 heterocycles. The van der Waals surface area contributed by atoms with Gasteiger partial charge in [0.25, 0.3) is 0 Å². The van der Waals surface area contributed by atoms with E-state index in [1.165, 1.54) is 19.3 Å². The molecule has 41 heavy (non-hydrogen) atoms. The first-order valence-electron chi connectivity index (χ1n) is 13.5. The lowest BCUT2D eigenvalue weighted by Gasteiger charge is -2.24. The number of anilines is 1. The number of unbranched alkanes of at least 4 members (excludes halogenated alkanes) is 2. The van der Waals surface area contributed by atoms with Crippen molar-refractivity contribution in [1.29, 1.82) is 5.41 Å². The summed E-state index contributed by atoms with van der Waals surface area (Å²) in [5, 5.41) is 23.5. The number of amidine groups is 1. The van der Waals surface area contributed by atoms with E-state index in [9.17, 15) is 23.1 Å². The lowest BCUT2D eigenvalue weighted by molar-refractivity contribution is -0.141. The number of allylic oxidation sites excluding steroid dienone is 1. The molecule has 0 saturated carbocycles. The monoisotopic (exact) mass is 578 g/mol. The summed E-state index contributed by atoms with van der Waals surface area (Å²) in [6.45, 7) is 5.67. The molecule has 11 heteroatoms. The smallest absolute Gasteiger partial charge is 0.357 e. The number of sulfone groups is 1. The van der Waals surface area contributed by atoms with Crippen LogP contribution in [0.1, 0.15) is 50.7 Å². The minimum absolute atomic E-state index is 0.0135. The van der Waals surface area contributed by atoms with Gasteiger partial charge in [-0.15, -0.1) is 0 Å². The lowest BCUT2D eigenvalue weighted by Crippen LogP contribution is -2.29. The van der Waals surface area contributed by atoms with Gasteiger partial charge in [0, 0.05) is 29.9 Å². The average Bonchev–Trinajstić information content (AvgIpc) is 3.39. The van der Waals surface area contributed by atoms with Gasteiger partial charge in [0.05, 0.1) is 22.5 Å². The van der Waals surface area contributed by atoms with Crippen molar-refractivity contribution in [2.45, 2.75) is 44.4 Å². The number of methoxy groups -OCH3 is 1. The van der Waals surface area contributed by atoms with Crippen LogP contribution >= 0.6 is 0 Å². The van der Waals surface area contributed by atoms with Gasteiger partial charge in [0.2, 0.25) is 9.84 Å². The highest BCUT2D eigenvalue weighted by molar-refractivity contribution is 7.96. The van der Waals surface area contributed by atoms with Crippen molar-refractivity contribution in [3.63, 3.8) is 0 Å². The average molecular weight is 579 g/mol. The minimum Gasteiger partial charge on any atom is -0.476 e. The number of nitrogens with zero attached hydrogens (tertiary/aromatic N) is 3. The number of hydrazone groups is 1. The summed E-state index contributed by atoms with van der Waals surface area (Å²) in [6, 6.07) is 13.9. The number of ether oxygens (including phenoxy) is 1. The second-order valence-corrected chi connectivity index (χ2v) is 11.7. The molecule has 10 nitrogen and oxygen atoms in total. The van der Waals surface area contributed by atoms with Crippen LogP contribution in [0.25, 0.3) is 11.6 Å². The molecule has 0 bridgehead atoms. The number of esters is 1. The van der Waals surface area contributed by atoms with Gasteiger partial charge >= 0.3 is 11.9 Å². The quantitative estimate of drug-likeness (QED) is 0.369. The van der Waals surface area contributed by atoms with Crippen LogP contribution in [0.4, 0.5) is 5.69 Å². The number of hydrogen-bond acceptors (Lipinski definition) is 8. The zero-order valence-corrected chi connectivity index (χ0v) is 24.2. The van der Waals surface area contributed by atoms with Crippen molar-refractivity contribution >= 4 is 50.7 Å². The third-order valence-electron chi connectivity index (χ3n) is 7.01. The van der Waals surface area contributed by atoms with Gasteiger partial charge in [-0.2, -0.15) is 5.10 Å². The first-order chi connectivity index (χ1) is 19.6. The molecular weight excluding hydrogens is 544 g/mol. The zero-order valence-electron chi connectivity index (χ0n) is 23.4. The summed E-state index contributed by atoms with van der Waals surface area (Å²) in [6.07, 6.45) is 5.79. The van der Waals surface area contributed by atoms with Crippen LogP contribution in [-0.2, 0) is 24.2 Å². The van der Waals surface area contributed by atoms with Crippen molar-refractivity contribution in [3.05, 3.63) is 70.1 Å². The summed E-state index contributed by atoms with van der Waals surface area (Å²) in [5.74, 6) is -2.58. The molecule has 0 aromatic heterocycles. The van der Waals surface area contributed by atoms with Gasteiger partial charge in [-0.05, 0) is 42.7 Å². The zero-order chi connectivity index (χ0) is 29.7. The number of rotatable bonds is 11. The number of carboxylic acid groups (broad SMARTS) is 1. The van der Waals surface area contributed by atoms with E-state index in [2.05, 4.69) is 28.6 Å². The molecule has 2 aliphatic heterocycles. The number of aliphatic carboxylic acids is 1. The van der Waals surface area contributed by atoms with E-state index in [1.807, 2.05) is 24.3 Å².